The van der Waals surface area contributed by atoms with Crippen LogP contribution in [0.1, 0.15) is 11.1 Å². The average Bonchev–Trinajstić information content (AvgIpc) is 3.30. The number of hydrogen-bond acceptors (Lipinski definition) is 5. The van der Waals surface area contributed by atoms with Crippen LogP contribution in [-0.4, -0.2) is 24.6 Å². The third-order valence-electron chi connectivity index (χ3n) is 4.32. The van der Waals surface area contributed by atoms with Crippen LogP contribution in [0.3, 0.4) is 0 Å². The van der Waals surface area contributed by atoms with Crippen LogP contribution in [0.5, 0.6) is 11.5 Å². The van der Waals surface area contributed by atoms with Crippen molar-refractivity contribution in [1.29, 1.82) is 0 Å². The maximum atomic E-state index is 13.7. The maximum Gasteiger partial charge on any atom is 0.230 e. The van der Waals surface area contributed by atoms with Crippen LogP contribution in [0.15, 0.2) is 41.8 Å². The molecule has 0 aliphatic carbocycles. The van der Waals surface area contributed by atoms with E-state index in [4.69, 9.17) is 9.47 Å². The minimum atomic E-state index is -0.486. The number of amides is 1. The fourth-order valence-electron chi connectivity index (χ4n) is 2.98. The number of benzene rings is 2. The number of aromatic nitrogens is 1. The number of halogens is 1. The van der Waals surface area contributed by atoms with Gasteiger partial charge in [0.2, 0.25) is 5.91 Å². The first kappa shape index (κ1) is 17.5. The highest BCUT2D eigenvalue weighted by Gasteiger charge is 2.15. The van der Waals surface area contributed by atoms with Gasteiger partial charge in [0.1, 0.15) is 5.75 Å². The van der Waals surface area contributed by atoms with E-state index in [1.54, 1.807) is 6.07 Å². The van der Waals surface area contributed by atoms with Crippen LogP contribution in [0, 0.1) is 5.82 Å². The van der Waals surface area contributed by atoms with Crippen LogP contribution < -0.4 is 14.8 Å². The highest BCUT2D eigenvalue weighted by molar-refractivity contribution is 7.14. The highest BCUT2D eigenvalue weighted by Crippen LogP contribution is 2.32. The third kappa shape index (κ3) is 3.78. The van der Waals surface area contributed by atoms with Crippen molar-refractivity contribution in [2.24, 2.45) is 0 Å². The smallest absolute Gasteiger partial charge is 0.230 e. The fraction of sp³-hybridized carbons (Fsp3) is 0.200. The molecule has 0 saturated heterocycles. The molecule has 1 aromatic heterocycles. The van der Waals surface area contributed by atoms with E-state index in [0.717, 1.165) is 23.4 Å². The molecule has 138 valence electrons. The summed E-state index contributed by atoms with van der Waals surface area (Å²) in [4.78, 5) is 16.7. The Labute approximate surface area is 159 Å². The number of hydrogen-bond donors (Lipinski definition) is 1. The average molecular weight is 384 g/mol. The second-order valence-electron chi connectivity index (χ2n) is 6.15. The number of carbonyl (C=O) groups is 1. The van der Waals surface area contributed by atoms with Gasteiger partial charge in [-0.15, -0.1) is 11.3 Å². The van der Waals surface area contributed by atoms with E-state index >= 15 is 0 Å². The minimum absolute atomic E-state index is 0.0615. The standard InChI is InChI=1S/C20H17FN2O3S/c1-25-18-4-2-12(8-15(18)21)9-19(24)23-20-22-16(11-27-20)13-3-5-17-14(10-13)6-7-26-17/h2-5,8,10-11H,6-7,9H2,1H3,(H,22,23,24). The number of anilines is 1. The van der Waals surface area contributed by atoms with Gasteiger partial charge in [0.25, 0.3) is 0 Å². The van der Waals surface area contributed by atoms with Gasteiger partial charge in [-0.25, -0.2) is 9.37 Å². The third-order valence-corrected chi connectivity index (χ3v) is 5.07. The molecule has 0 spiro atoms. The quantitative estimate of drug-likeness (QED) is 0.720. The predicted octanol–water partition coefficient (Wildman–Crippen LogP) is 4.07. The lowest BCUT2D eigenvalue weighted by Crippen LogP contribution is -2.14. The number of methoxy groups -OCH3 is 1. The maximum absolute atomic E-state index is 13.7. The molecule has 5 nitrogen and oxygen atoms in total. The van der Waals surface area contributed by atoms with Crippen molar-refractivity contribution in [2.45, 2.75) is 12.8 Å². The first-order valence-corrected chi connectivity index (χ1v) is 9.34. The van der Waals surface area contributed by atoms with Crippen molar-refractivity contribution in [2.75, 3.05) is 19.0 Å². The summed E-state index contributed by atoms with van der Waals surface area (Å²) in [6.45, 7) is 0.711. The van der Waals surface area contributed by atoms with Crippen molar-refractivity contribution in [3.63, 3.8) is 0 Å². The molecular weight excluding hydrogens is 367 g/mol. The van der Waals surface area contributed by atoms with E-state index in [-0.39, 0.29) is 18.1 Å². The molecule has 4 rings (SSSR count). The van der Waals surface area contributed by atoms with Crippen LogP contribution in [-0.2, 0) is 17.6 Å². The van der Waals surface area contributed by atoms with Crippen LogP contribution in [0.25, 0.3) is 11.3 Å². The summed E-state index contributed by atoms with van der Waals surface area (Å²) in [5.41, 5.74) is 3.54. The lowest BCUT2D eigenvalue weighted by molar-refractivity contribution is -0.115. The zero-order valence-electron chi connectivity index (χ0n) is 14.6. The minimum Gasteiger partial charge on any atom is -0.494 e. The summed E-state index contributed by atoms with van der Waals surface area (Å²) in [7, 11) is 1.40. The molecule has 0 atom stereocenters. The Morgan fingerprint density at radius 2 is 2.22 bits per heavy atom. The molecule has 7 heteroatoms. The van der Waals surface area contributed by atoms with E-state index < -0.39 is 5.82 Å². The van der Waals surface area contributed by atoms with Crippen LogP contribution in [0.2, 0.25) is 0 Å². The summed E-state index contributed by atoms with van der Waals surface area (Å²) in [5.74, 6) is 0.348. The molecule has 0 unspecified atom stereocenters. The lowest BCUT2D eigenvalue weighted by atomic mass is 10.1. The predicted molar refractivity (Wildman–Crippen MR) is 102 cm³/mol. The van der Waals surface area contributed by atoms with Gasteiger partial charge < -0.3 is 14.8 Å². The van der Waals surface area contributed by atoms with Crippen molar-refractivity contribution < 1.29 is 18.7 Å². The number of nitrogens with one attached hydrogen (secondary N) is 1. The Kier molecular flexibility index (Phi) is 4.77. The van der Waals surface area contributed by atoms with Crippen molar-refractivity contribution >= 4 is 22.4 Å². The summed E-state index contributed by atoms with van der Waals surface area (Å²) >= 11 is 1.36. The molecule has 0 bridgehead atoms. The number of nitrogens with zero attached hydrogens (tertiary/aromatic N) is 1. The lowest BCUT2D eigenvalue weighted by Gasteiger charge is -2.05. The highest BCUT2D eigenvalue weighted by atomic mass is 32.1. The molecule has 27 heavy (non-hydrogen) atoms. The van der Waals surface area contributed by atoms with Crippen molar-refractivity contribution in [3.8, 4) is 22.8 Å². The van der Waals surface area contributed by atoms with E-state index in [0.29, 0.717) is 17.3 Å². The second kappa shape index (κ2) is 7.36. The Morgan fingerprint density at radius 3 is 3.04 bits per heavy atom. The summed E-state index contributed by atoms with van der Waals surface area (Å²) in [6.07, 6.45) is 0.960. The van der Waals surface area contributed by atoms with E-state index in [9.17, 15) is 9.18 Å². The zero-order valence-corrected chi connectivity index (χ0v) is 15.4. The Balaban J connectivity index is 1.43. The topological polar surface area (TPSA) is 60.5 Å². The number of thiazole rings is 1. The summed E-state index contributed by atoms with van der Waals surface area (Å²) in [6, 6.07) is 10.5. The molecule has 2 aromatic carbocycles. The first-order valence-electron chi connectivity index (χ1n) is 8.46. The number of ether oxygens (including phenoxy) is 2. The van der Waals surface area contributed by atoms with Gasteiger partial charge in [0, 0.05) is 17.4 Å². The Hall–Kier alpha value is -2.93. The SMILES string of the molecule is COc1ccc(CC(=O)Nc2nc(-c3ccc4c(c3)CCO4)cs2)cc1F. The van der Waals surface area contributed by atoms with Gasteiger partial charge in [-0.1, -0.05) is 6.07 Å². The molecule has 0 saturated carbocycles. The second-order valence-corrected chi connectivity index (χ2v) is 7.01. The molecule has 3 aromatic rings. The monoisotopic (exact) mass is 384 g/mol. The van der Waals surface area contributed by atoms with E-state index in [2.05, 4.69) is 16.4 Å². The van der Waals surface area contributed by atoms with Crippen molar-refractivity contribution in [1.82, 2.24) is 4.98 Å². The van der Waals surface area contributed by atoms with Gasteiger partial charge >= 0.3 is 0 Å². The fourth-order valence-corrected chi connectivity index (χ4v) is 3.71. The molecule has 0 fully saturated rings. The molecular formula is C20H17FN2O3S. The van der Waals surface area contributed by atoms with E-state index in [1.165, 1.54) is 36.1 Å². The molecule has 0 radical (unpaired) electrons. The number of fused-ring (bicyclic) bond motifs is 1. The van der Waals surface area contributed by atoms with Crippen LogP contribution in [0.4, 0.5) is 9.52 Å². The normalized spacial score (nSPS) is 12.4. The molecule has 1 aliphatic heterocycles. The molecule has 2 heterocycles. The molecule has 1 amide bonds. The zero-order chi connectivity index (χ0) is 18.8. The largest absolute Gasteiger partial charge is 0.494 e. The summed E-state index contributed by atoms with van der Waals surface area (Å²) < 4.78 is 24.1. The first-order chi connectivity index (χ1) is 13.1. The molecule has 1 N–H and O–H groups in total. The number of carbonyl (C=O) groups excluding carboxylic acids is 1. The summed E-state index contributed by atoms with van der Waals surface area (Å²) in [5, 5.41) is 5.19. The number of rotatable bonds is 5. The van der Waals surface area contributed by atoms with Crippen LogP contribution >= 0.6 is 11.3 Å². The van der Waals surface area contributed by atoms with E-state index in [1.807, 2.05) is 17.5 Å². The van der Waals surface area contributed by atoms with Gasteiger partial charge in [-0.05, 0) is 41.5 Å². The van der Waals surface area contributed by atoms with Crippen molar-refractivity contribution in [3.05, 3.63) is 58.7 Å². The van der Waals surface area contributed by atoms with Gasteiger partial charge in [-0.2, -0.15) is 0 Å². The Morgan fingerprint density at radius 1 is 1.33 bits per heavy atom. The Bertz CT molecular complexity index is 1000. The molecule has 1 aliphatic rings. The van der Waals surface area contributed by atoms with Gasteiger partial charge in [-0.3, -0.25) is 4.79 Å². The van der Waals surface area contributed by atoms with Gasteiger partial charge in [0.05, 0.1) is 25.8 Å². The van der Waals surface area contributed by atoms with Gasteiger partial charge in [0.15, 0.2) is 16.7 Å².